The summed E-state index contributed by atoms with van der Waals surface area (Å²) < 4.78 is 16.2. The van der Waals surface area contributed by atoms with E-state index in [2.05, 4.69) is 5.32 Å². The van der Waals surface area contributed by atoms with Crippen LogP contribution in [0.1, 0.15) is 12.5 Å². The van der Waals surface area contributed by atoms with Crippen molar-refractivity contribution in [2.75, 3.05) is 32.2 Å². The largest absolute Gasteiger partial charge is 0.497 e. The number of aliphatic hydroxyl groups excluding tert-OH is 1. The third-order valence-electron chi connectivity index (χ3n) is 3.24. The summed E-state index contributed by atoms with van der Waals surface area (Å²) in [6.45, 7) is 3.39. The van der Waals surface area contributed by atoms with Gasteiger partial charge in [-0.1, -0.05) is 6.07 Å². The van der Waals surface area contributed by atoms with Gasteiger partial charge < -0.3 is 24.6 Å². The lowest BCUT2D eigenvalue weighted by atomic mass is 10.2. The molecule has 0 saturated heterocycles. The molecule has 0 aliphatic carbocycles. The Morgan fingerprint density at radius 2 is 1.78 bits per heavy atom. The molecule has 23 heavy (non-hydrogen) atoms. The molecule has 0 bridgehead atoms. The van der Waals surface area contributed by atoms with Gasteiger partial charge in [0.25, 0.3) is 0 Å². The number of hydrogen-bond donors (Lipinski definition) is 2. The molecule has 0 aromatic heterocycles. The van der Waals surface area contributed by atoms with Crippen molar-refractivity contribution >= 4 is 5.69 Å². The molecule has 124 valence electrons. The van der Waals surface area contributed by atoms with Crippen LogP contribution < -0.4 is 19.5 Å². The van der Waals surface area contributed by atoms with Crippen molar-refractivity contribution in [3.05, 3.63) is 48.0 Å². The number of rotatable bonds is 9. The number of aliphatic hydroxyl groups is 1. The minimum Gasteiger partial charge on any atom is -0.497 e. The molecule has 5 heteroatoms. The highest BCUT2D eigenvalue weighted by Crippen LogP contribution is 2.29. The van der Waals surface area contributed by atoms with Gasteiger partial charge in [-0.3, -0.25) is 0 Å². The molecule has 0 saturated carbocycles. The highest BCUT2D eigenvalue weighted by molar-refractivity contribution is 5.48. The van der Waals surface area contributed by atoms with Crippen molar-refractivity contribution in [2.24, 2.45) is 0 Å². The quantitative estimate of drug-likeness (QED) is 0.744. The third-order valence-corrected chi connectivity index (χ3v) is 3.24. The fraction of sp³-hybridized carbons (Fsp3) is 0.333. The fourth-order valence-electron chi connectivity index (χ4n) is 2.12. The highest BCUT2D eigenvalue weighted by atomic mass is 16.5. The van der Waals surface area contributed by atoms with E-state index in [1.807, 2.05) is 49.4 Å². The van der Waals surface area contributed by atoms with Gasteiger partial charge in [0.05, 0.1) is 20.3 Å². The fourth-order valence-corrected chi connectivity index (χ4v) is 2.12. The number of hydrogen-bond acceptors (Lipinski definition) is 5. The summed E-state index contributed by atoms with van der Waals surface area (Å²) in [4.78, 5) is 0. The third kappa shape index (κ3) is 5.07. The molecule has 0 unspecified atom stereocenters. The summed E-state index contributed by atoms with van der Waals surface area (Å²) in [7, 11) is 1.65. The van der Waals surface area contributed by atoms with E-state index in [1.54, 1.807) is 7.11 Å². The SMILES string of the molecule is CCOc1cc(CNc2ccc(OC)cc2)ccc1OCCO. The molecule has 0 amide bonds. The smallest absolute Gasteiger partial charge is 0.161 e. The Bertz CT molecular complexity index is 598. The molecular formula is C18H23NO4. The Morgan fingerprint density at radius 3 is 2.43 bits per heavy atom. The monoisotopic (exact) mass is 317 g/mol. The van der Waals surface area contributed by atoms with E-state index < -0.39 is 0 Å². The zero-order valence-electron chi connectivity index (χ0n) is 13.5. The second-order valence-corrected chi connectivity index (χ2v) is 4.87. The Balaban J connectivity index is 2.02. The van der Waals surface area contributed by atoms with Crippen molar-refractivity contribution in [3.63, 3.8) is 0 Å². The number of methoxy groups -OCH3 is 1. The first-order valence-corrected chi connectivity index (χ1v) is 7.64. The zero-order valence-corrected chi connectivity index (χ0v) is 13.5. The van der Waals surface area contributed by atoms with Gasteiger partial charge in [-0.2, -0.15) is 0 Å². The molecule has 2 aromatic rings. The van der Waals surface area contributed by atoms with Gasteiger partial charge in [0.15, 0.2) is 11.5 Å². The summed E-state index contributed by atoms with van der Waals surface area (Å²) in [5.41, 5.74) is 2.10. The van der Waals surface area contributed by atoms with Crippen LogP contribution >= 0.6 is 0 Å². The maximum absolute atomic E-state index is 8.87. The lowest BCUT2D eigenvalue weighted by molar-refractivity contribution is 0.194. The Labute approximate surface area is 136 Å². The normalized spacial score (nSPS) is 10.2. The molecule has 5 nitrogen and oxygen atoms in total. The molecule has 2 N–H and O–H groups in total. The zero-order chi connectivity index (χ0) is 16.5. The van der Waals surface area contributed by atoms with Crippen LogP contribution in [0.5, 0.6) is 17.2 Å². The number of ether oxygens (including phenoxy) is 3. The van der Waals surface area contributed by atoms with Crippen LogP contribution in [0.4, 0.5) is 5.69 Å². The minimum absolute atomic E-state index is 0.0215. The van der Waals surface area contributed by atoms with Gasteiger partial charge in [0.2, 0.25) is 0 Å². The molecule has 2 rings (SSSR count). The average Bonchev–Trinajstić information content (AvgIpc) is 2.60. The molecule has 0 fully saturated rings. The maximum atomic E-state index is 8.87. The van der Waals surface area contributed by atoms with E-state index in [0.717, 1.165) is 17.0 Å². The predicted molar refractivity (Wildman–Crippen MR) is 90.5 cm³/mol. The summed E-state index contributed by atoms with van der Waals surface area (Å²) in [6.07, 6.45) is 0. The van der Waals surface area contributed by atoms with E-state index in [-0.39, 0.29) is 13.2 Å². The van der Waals surface area contributed by atoms with Gasteiger partial charge in [-0.05, 0) is 48.9 Å². The lowest BCUT2D eigenvalue weighted by Gasteiger charge is -2.13. The van der Waals surface area contributed by atoms with Crippen LogP contribution in [0.3, 0.4) is 0 Å². The van der Waals surface area contributed by atoms with Crippen molar-refractivity contribution < 1.29 is 19.3 Å². The highest BCUT2D eigenvalue weighted by Gasteiger charge is 2.06. The second kappa shape index (κ2) is 8.90. The van der Waals surface area contributed by atoms with Crippen LogP contribution in [0.15, 0.2) is 42.5 Å². The van der Waals surface area contributed by atoms with Crippen LogP contribution in [-0.4, -0.2) is 32.0 Å². The summed E-state index contributed by atoms with van der Waals surface area (Å²) in [6, 6.07) is 13.6. The minimum atomic E-state index is -0.0215. The lowest BCUT2D eigenvalue weighted by Crippen LogP contribution is -2.05. The van der Waals surface area contributed by atoms with Gasteiger partial charge in [0.1, 0.15) is 12.4 Å². The Hall–Kier alpha value is -2.40. The molecule has 0 aliphatic heterocycles. The first-order chi connectivity index (χ1) is 11.3. The molecular weight excluding hydrogens is 294 g/mol. The summed E-state index contributed by atoms with van der Waals surface area (Å²) in [5.74, 6) is 2.17. The average molecular weight is 317 g/mol. The van der Waals surface area contributed by atoms with Crippen LogP contribution in [0.2, 0.25) is 0 Å². The summed E-state index contributed by atoms with van der Waals surface area (Å²) >= 11 is 0. The first-order valence-electron chi connectivity index (χ1n) is 7.64. The van der Waals surface area contributed by atoms with Gasteiger partial charge in [-0.25, -0.2) is 0 Å². The molecule has 0 aliphatic rings. The predicted octanol–water partition coefficient (Wildman–Crippen LogP) is 3.08. The number of benzene rings is 2. The van der Waals surface area contributed by atoms with Gasteiger partial charge in [-0.15, -0.1) is 0 Å². The van der Waals surface area contributed by atoms with Crippen LogP contribution in [0.25, 0.3) is 0 Å². The number of nitrogens with one attached hydrogen (secondary N) is 1. The molecule has 0 atom stereocenters. The molecule has 0 spiro atoms. The number of anilines is 1. The van der Waals surface area contributed by atoms with E-state index in [4.69, 9.17) is 19.3 Å². The van der Waals surface area contributed by atoms with E-state index in [9.17, 15) is 0 Å². The topological polar surface area (TPSA) is 60.0 Å². The van der Waals surface area contributed by atoms with E-state index >= 15 is 0 Å². The second-order valence-electron chi connectivity index (χ2n) is 4.87. The molecule has 0 radical (unpaired) electrons. The van der Waals surface area contributed by atoms with Crippen molar-refractivity contribution in [1.29, 1.82) is 0 Å². The van der Waals surface area contributed by atoms with Crippen LogP contribution in [-0.2, 0) is 6.54 Å². The van der Waals surface area contributed by atoms with E-state index in [0.29, 0.717) is 24.7 Å². The first kappa shape index (κ1) is 17.0. The summed E-state index contributed by atoms with van der Waals surface area (Å²) in [5, 5.41) is 12.2. The Morgan fingerprint density at radius 1 is 1.00 bits per heavy atom. The van der Waals surface area contributed by atoms with Crippen molar-refractivity contribution in [1.82, 2.24) is 0 Å². The van der Waals surface area contributed by atoms with Gasteiger partial charge >= 0.3 is 0 Å². The van der Waals surface area contributed by atoms with Crippen molar-refractivity contribution in [3.8, 4) is 17.2 Å². The van der Waals surface area contributed by atoms with Crippen molar-refractivity contribution in [2.45, 2.75) is 13.5 Å². The maximum Gasteiger partial charge on any atom is 0.161 e. The molecule has 0 heterocycles. The van der Waals surface area contributed by atoms with Crippen LogP contribution in [0, 0.1) is 0 Å². The Kier molecular flexibility index (Phi) is 6.56. The molecule has 2 aromatic carbocycles. The standard InChI is InChI=1S/C18H23NO4/c1-3-22-18-12-14(4-9-17(18)23-11-10-20)13-19-15-5-7-16(21-2)8-6-15/h4-9,12,19-20H,3,10-11,13H2,1-2H3. The van der Waals surface area contributed by atoms with E-state index in [1.165, 1.54) is 0 Å². The van der Waals surface area contributed by atoms with Gasteiger partial charge in [0, 0.05) is 12.2 Å².